The van der Waals surface area contributed by atoms with Crippen LogP contribution in [0.5, 0.6) is 17.2 Å². The molecule has 0 aliphatic rings. The van der Waals surface area contributed by atoms with Gasteiger partial charge in [0.25, 0.3) is 5.56 Å². The third-order valence-corrected chi connectivity index (χ3v) is 3.93. The number of rotatable bonds is 10. The van der Waals surface area contributed by atoms with Crippen LogP contribution in [0.3, 0.4) is 0 Å². The quantitative estimate of drug-likeness (QED) is 0.633. The first kappa shape index (κ1) is 18.2. The van der Waals surface area contributed by atoms with E-state index in [0.29, 0.717) is 29.9 Å². The molecule has 1 heterocycles. The zero-order valence-corrected chi connectivity index (χ0v) is 14.6. The normalized spacial score (nSPS) is 10.9. The van der Waals surface area contributed by atoms with E-state index in [1.807, 2.05) is 0 Å². The van der Waals surface area contributed by atoms with Crippen molar-refractivity contribution in [3.05, 3.63) is 28.6 Å². The molecule has 132 valence electrons. The fourth-order valence-electron chi connectivity index (χ4n) is 2.50. The fourth-order valence-corrected chi connectivity index (χ4v) is 2.50. The third-order valence-electron chi connectivity index (χ3n) is 3.93. The molecule has 0 atom stereocenters. The molecule has 0 aliphatic carbocycles. The van der Waals surface area contributed by atoms with E-state index in [1.54, 1.807) is 18.2 Å². The summed E-state index contributed by atoms with van der Waals surface area (Å²) in [7, 11) is 0. The third kappa shape index (κ3) is 4.66. The minimum Gasteiger partial charge on any atom is -0.504 e. The SMILES string of the molecule is CCCCCCOc1c(O)c2ccc(OCCCC)cc2[nH]c1=O. The average molecular weight is 333 g/mol. The van der Waals surface area contributed by atoms with E-state index in [1.165, 1.54) is 0 Å². The molecule has 0 unspecified atom stereocenters. The summed E-state index contributed by atoms with van der Waals surface area (Å²) in [6, 6.07) is 5.27. The first-order valence-electron chi connectivity index (χ1n) is 8.82. The van der Waals surface area contributed by atoms with E-state index in [4.69, 9.17) is 9.47 Å². The molecule has 2 N–H and O–H groups in total. The Morgan fingerprint density at radius 3 is 2.50 bits per heavy atom. The molecule has 2 aromatic rings. The van der Waals surface area contributed by atoms with Gasteiger partial charge in [-0.05, 0) is 25.0 Å². The number of unbranched alkanes of at least 4 members (excludes halogenated alkanes) is 4. The molecule has 2 rings (SSSR count). The monoisotopic (exact) mass is 333 g/mol. The molecule has 0 saturated heterocycles. The van der Waals surface area contributed by atoms with E-state index < -0.39 is 5.56 Å². The summed E-state index contributed by atoms with van der Waals surface area (Å²) in [4.78, 5) is 14.9. The molecule has 1 aromatic carbocycles. The highest BCUT2D eigenvalue weighted by atomic mass is 16.5. The Balaban J connectivity index is 2.14. The number of nitrogens with one attached hydrogen (secondary N) is 1. The summed E-state index contributed by atoms with van der Waals surface area (Å²) in [6.45, 7) is 5.31. The first-order chi connectivity index (χ1) is 11.7. The van der Waals surface area contributed by atoms with Gasteiger partial charge in [0.15, 0.2) is 5.75 Å². The number of H-pyrrole nitrogens is 1. The van der Waals surface area contributed by atoms with Crippen LogP contribution in [0.15, 0.2) is 23.0 Å². The zero-order valence-electron chi connectivity index (χ0n) is 14.6. The molecule has 1 aromatic heterocycles. The summed E-state index contributed by atoms with van der Waals surface area (Å²) in [5.74, 6) is 0.572. The van der Waals surface area contributed by atoms with Gasteiger partial charge < -0.3 is 19.6 Å². The lowest BCUT2D eigenvalue weighted by molar-refractivity contribution is 0.286. The molecule has 24 heavy (non-hydrogen) atoms. The van der Waals surface area contributed by atoms with Gasteiger partial charge in [-0.15, -0.1) is 0 Å². The number of fused-ring (bicyclic) bond motifs is 1. The Morgan fingerprint density at radius 2 is 1.75 bits per heavy atom. The van der Waals surface area contributed by atoms with Gasteiger partial charge in [0.05, 0.1) is 18.7 Å². The van der Waals surface area contributed by atoms with Crippen LogP contribution in [0, 0.1) is 0 Å². The summed E-state index contributed by atoms with van der Waals surface area (Å²) < 4.78 is 11.1. The Labute approximate surface area is 142 Å². The molecule has 0 bridgehead atoms. The van der Waals surface area contributed by atoms with Crippen molar-refractivity contribution in [2.45, 2.75) is 52.4 Å². The van der Waals surface area contributed by atoms with Crippen LogP contribution in [0.2, 0.25) is 0 Å². The number of pyridine rings is 1. The summed E-state index contributed by atoms with van der Waals surface area (Å²) in [5, 5.41) is 10.9. The van der Waals surface area contributed by atoms with Crippen molar-refractivity contribution < 1.29 is 14.6 Å². The highest BCUT2D eigenvalue weighted by Gasteiger charge is 2.13. The van der Waals surface area contributed by atoms with Crippen LogP contribution in [0.25, 0.3) is 10.9 Å². The van der Waals surface area contributed by atoms with E-state index in [9.17, 15) is 9.90 Å². The molecule has 0 saturated carbocycles. The van der Waals surface area contributed by atoms with Gasteiger partial charge in [0.2, 0.25) is 5.75 Å². The largest absolute Gasteiger partial charge is 0.504 e. The molecule has 0 spiro atoms. The molecule has 0 fully saturated rings. The van der Waals surface area contributed by atoms with Crippen molar-refractivity contribution in [1.82, 2.24) is 4.98 Å². The van der Waals surface area contributed by atoms with Gasteiger partial charge >= 0.3 is 0 Å². The molecule has 5 nitrogen and oxygen atoms in total. The molecule has 0 amide bonds. The molecule has 0 aliphatic heterocycles. The Morgan fingerprint density at radius 1 is 1.00 bits per heavy atom. The van der Waals surface area contributed by atoms with Gasteiger partial charge in [-0.2, -0.15) is 0 Å². The van der Waals surface area contributed by atoms with Gasteiger partial charge in [0, 0.05) is 11.5 Å². The van der Waals surface area contributed by atoms with Crippen molar-refractivity contribution >= 4 is 10.9 Å². The lowest BCUT2D eigenvalue weighted by atomic mass is 10.2. The standard InChI is InChI=1S/C19H27NO4/c1-3-5-7-8-12-24-18-17(21)15-10-9-14(23-11-6-4-2)13-16(15)20-19(18)22/h9-10,13H,3-8,11-12H2,1-2H3,(H2,20,21,22). The number of aromatic hydroxyl groups is 1. The number of aromatic nitrogens is 1. The van der Waals surface area contributed by atoms with Gasteiger partial charge in [-0.1, -0.05) is 39.5 Å². The van der Waals surface area contributed by atoms with E-state index in [-0.39, 0.29) is 11.5 Å². The lowest BCUT2D eigenvalue weighted by Gasteiger charge is -2.11. The molecule has 0 radical (unpaired) electrons. The Hall–Kier alpha value is -2.17. The van der Waals surface area contributed by atoms with Crippen molar-refractivity contribution in [2.75, 3.05) is 13.2 Å². The Kier molecular flexibility index (Phi) is 6.97. The second-order valence-corrected chi connectivity index (χ2v) is 5.95. The van der Waals surface area contributed by atoms with Crippen LogP contribution in [-0.2, 0) is 0 Å². The van der Waals surface area contributed by atoms with Crippen molar-refractivity contribution in [2.24, 2.45) is 0 Å². The number of ether oxygens (including phenoxy) is 2. The van der Waals surface area contributed by atoms with Crippen LogP contribution >= 0.6 is 0 Å². The maximum Gasteiger partial charge on any atom is 0.294 e. The lowest BCUT2D eigenvalue weighted by Crippen LogP contribution is -2.12. The minimum atomic E-state index is -0.416. The fraction of sp³-hybridized carbons (Fsp3) is 0.526. The smallest absolute Gasteiger partial charge is 0.294 e. The second-order valence-electron chi connectivity index (χ2n) is 5.95. The maximum absolute atomic E-state index is 12.2. The summed E-state index contributed by atoms with van der Waals surface area (Å²) in [5.41, 5.74) is 0.131. The van der Waals surface area contributed by atoms with E-state index in [2.05, 4.69) is 18.8 Å². The van der Waals surface area contributed by atoms with Crippen LogP contribution in [0.4, 0.5) is 0 Å². The van der Waals surface area contributed by atoms with E-state index in [0.717, 1.165) is 38.5 Å². The number of hydrogen-bond acceptors (Lipinski definition) is 4. The zero-order chi connectivity index (χ0) is 17.4. The predicted molar refractivity (Wildman–Crippen MR) is 96.3 cm³/mol. The van der Waals surface area contributed by atoms with Crippen molar-refractivity contribution in [3.8, 4) is 17.2 Å². The van der Waals surface area contributed by atoms with Gasteiger partial charge in [-0.3, -0.25) is 4.79 Å². The van der Waals surface area contributed by atoms with Gasteiger partial charge in [-0.25, -0.2) is 0 Å². The highest BCUT2D eigenvalue weighted by Crippen LogP contribution is 2.32. The van der Waals surface area contributed by atoms with Crippen molar-refractivity contribution in [3.63, 3.8) is 0 Å². The average Bonchev–Trinajstić information content (AvgIpc) is 2.57. The number of benzene rings is 1. The molecular weight excluding hydrogens is 306 g/mol. The Bertz CT molecular complexity index is 708. The first-order valence-corrected chi connectivity index (χ1v) is 8.82. The van der Waals surface area contributed by atoms with Gasteiger partial charge in [0.1, 0.15) is 5.75 Å². The van der Waals surface area contributed by atoms with Crippen LogP contribution < -0.4 is 15.0 Å². The topological polar surface area (TPSA) is 71.5 Å². The van der Waals surface area contributed by atoms with Crippen molar-refractivity contribution in [1.29, 1.82) is 0 Å². The minimum absolute atomic E-state index is 0.00125. The number of hydrogen-bond donors (Lipinski definition) is 2. The molecule has 5 heteroatoms. The second kappa shape index (κ2) is 9.21. The summed E-state index contributed by atoms with van der Waals surface area (Å²) in [6.07, 6.45) is 6.25. The predicted octanol–water partition coefficient (Wildman–Crippen LogP) is 4.37. The summed E-state index contributed by atoms with van der Waals surface area (Å²) >= 11 is 0. The molecular formula is C19H27NO4. The number of aromatic amines is 1. The maximum atomic E-state index is 12.2. The van der Waals surface area contributed by atoms with Crippen LogP contribution in [0.1, 0.15) is 52.4 Å². The van der Waals surface area contributed by atoms with Crippen LogP contribution in [-0.4, -0.2) is 23.3 Å². The highest BCUT2D eigenvalue weighted by molar-refractivity contribution is 5.87. The van der Waals surface area contributed by atoms with E-state index >= 15 is 0 Å².